The van der Waals surface area contributed by atoms with Crippen LogP contribution in [0.15, 0.2) is 78.9 Å². The fourth-order valence-electron chi connectivity index (χ4n) is 2.48. The van der Waals surface area contributed by atoms with Crippen LogP contribution in [0.4, 0.5) is 5.69 Å². The molecule has 3 rings (SSSR count). The van der Waals surface area contributed by atoms with E-state index in [0.717, 1.165) is 11.3 Å². The Bertz CT molecular complexity index is 847. The third-order valence-electron chi connectivity index (χ3n) is 3.75. The van der Waals surface area contributed by atoms with E-state index >= 15 is 0 Å². The maximum Gasteiger partial charge on any atom is 0.256 e. The van der Waals surface area contributed by atoms with Gasteiger partial charge < -0.3 is 14.8 Å². The minimum absolute atomic E-state index is 0.197. The summed E-state index contributed by atoms with van der Waals surface area (Å²) in [7, 11) is 1.58. The number of carbonyl (C=O) groups is 1. The molecule has 3 aromatic carbocycles. The molecule has 0 aliphatic carbocycles. The van der Waals surface area contributed by atoms with Gasteiger partial charge in [-0.25, -0.2) is 0 Å². The quantitative estimate of drug-likeness (QED) is 0.721. The molecular formula is C21H19NO3. The number of benzene rings is 3. The Balaban J connectivity index is 1.76. The fourth-order valence-corrected chi connectivity index (χ4v) is 2.48. The smallest absolute Gasteiger partial charge is 0.256 e. The molecule has 0 fully saturated rings. The fraction of sp³-hybridized carbons (Fsp3) is 0.0952. The van der Waals surface area contributed by atoms with Gasteiger partial charge in [0.2, 0.25) is 0 Å². The number of anilines is 1. The van der Waals surface area contributed by atoms with E-state index in [-0.39, 0.29) is 5.91 Å². The highest BCUT2D eigenvalue weighted by Gasteiger charge is 2.13. The molecule has 0 aliphatic heterocycles. The summed E-state index contributed by atoms with van der Waals surface area (Å²) >= 11 is 0. The van der Waals surface area contributed by atoms with Crippen LogP contribution in [0, 0.1) is 0 Å². The average molecular weight is 333 g/mol. The maximum atomic E-state index is 12.7. The zero-order valence-electron chi connectivity index (χ0n) is 13.9. The number of nitrogens with one attached hydrogen (secondary N) is 1. The predicted molar refractivity (Wildman–Crippen MR) is 98.2 cm³/mol. The Kier molecular flexibility index (Phi) is 5.32. The van der Waals surface area contributed by atoms with Gasteiger partial charge in [0, 0.05) is 11.1 Å². The van der Waals surface area contributed by atoms with E-state index in [0.29, 0.717) is 23.6 Å². The van der Waals surface area contributed by atoms with E-state index in [1.165, 1.54) is 0 Å². The second-order valence-corrected chi connectivity index (χ2v) is 5.41. The Morgan fingerprint density at radius 1 is 0.880 bits per heavy atom. The van der Waals surface area contributed by atoms with Crippen LogP contribution in [0.2, 0.25) is 0 Å². The van der Waals surface area contributed by atoms with Gasteiger partial charge in [0.1, 0.15) is 18.1 Å². The molecule has 0 aliphatic rings. The zero-order valence-corrected chi connectivity index (χ0v) is 13.9. The van der Waals surface area contributed by atoms with E-state index in [2.05, 4.69) is 5.32 Å². The van der Waals surface area contributed by atoms with Gasteiger partial charge in [-0.3, -0.25) is 4.79 Å². The SMILES string of the molecule is COc1ccccc1NC(=O)c1ccccc1COc1ccccc1. The van der Waals surface area contributed by atoms with Crippen molar-refractivity contribution in [3.05, 3.63) is 90.0 Å². The van der Waals surface area contributed by atoms with Gasteiger partial charge >= 0.3 is 0 Å². The van der Waals surface area contributed by atoms with Crippen LogP contribution in [0.25, 0.3) is 0 Å². The lowest BCUT2D eigenvalue weighted by Crippen LogP contribution is -2.15. The van der Waals surface area contributed by atoms with E-state index in [4.69, 9.17) is 9.47 Å². The third kappa shape index (κ3) is 4.18. The second-order valence-electron chi connectivity index (χ2n) is 5.41. The summed E-state index contributed by atoms with van der Waals surface area (Å²) in [6, 6.07) is 24.3. The average Bonchev–Trinajstić information content (AvgIpc) is 2.68. The Hall–Kier alpha value is -3.27. The van der Waals surface area contributed by atoms with Gasteiger partial charge in [-0.1, -0.05) is 48.5 Å². The highest BCUT2D eigenvalue weighted by atomic mass is 16.5. The van der Waals surface area contributed by atoms with Crippen molar-refractivity contribution in [2.75, 3.05) is 12.4 Å². The number of para-hydroxylation sites is 3. The first kappa shape index (κ1) is 16.6. The second kappa shape index (κ2) is 8.02. The standard InChI is InChI=1S/C21H19NO3/c1-24-20-14-8-7-13-19(20)22-21(23)18-12-6-5-9-16(18)15-25-17-10-3-2-4-11-17/h2-14H,15H2,1H3,(H,22,23). The molecule has 1 N–H and O–H groups in total. The number of hydrogen-bond acceptors (Lipinski definition) is 3. The highest BCUT2D eigenvalue weighted by Crippen LogP contribution is 2.24. The van der Waals surface area contributed by atoms with E-state index in [1.807, 2.05) is 60.7 Å². The summed E-state index contributed by atoms with van der Waals surface area (Å²) in [4.78, 5) is 12.7. The van der Waals surface area contributed by atoms with Crippen molar-refractivity contribution >= 4 is 11.6 Å². The summed E-state index contributed by atoms with van der Waals surface area (Å²) in [5.74, 6) is 1.19. The molecule has 0 spiro atoms. The molecule has 0 radical (unpaired) electrons. The molecule has 4 nitrogen and oxygen atoms in total. The summed E-state index contributed by atoms with van der Waals surface area (Å²) in [6.45, 7) is 0.319. The summed E-state index contributed by atoms with van der Waals surface area (Å²) in [6.07, 6.45) is 0. The van der Waals surface area contributed by atoms with Gasteiger partial charge in [0.25, 0.3) is 5.91 Å². The van der Waals surface area contributed by atoms with Gasteiger partial charge in [0.05, 0.1) is 12.8 Å². The van der Waals surface area contributed by atoms with Crippen molar-refractivity contribution in [2.45, 2.75) is 6.61 Å². The molecule has 1 amide bonds. The molecule has 0 bridgehead atoms. The number of carbonyl (C=O) groups excluding carboxylic acids is 1. The van der Waals surface area contributed by atoms with E-state index < -0.39 is 0 Å². The molecule has 126 valence electrons. The van der Waals surface area contributed by atoms with Crippen molar-refractivity contribution in [1.29, 1.82) is 0 Å². The third-order valence-corrected chi connectivity index (χ3v) is 3.75. The van der Waals surface area contributed by atoms with Crippen LogP contribution in [0.5, 0.6) is 11.5 Å². The number of ether oxygens (including phenoxy) is 2. The van der Waals surface area contributed by atoms with Crippen molar-refractivity contribution in [2.24, 2.45) is 0 Å². The lowest BCUT2D eigenvalue weighted by Gasteiger charge is -2.13. The van der Waals surface area contributed by atoms with Gasteiger partial charge in [-0.2, -0.15) is 0 Å². The van der Waals surface area contributed by atoms with Gasteiger partial charge in [0.15, 0.2) is 0 Å². The van der Waals surface area contributed by atoms with Gasteiger partial charge in [-0.05, 0) is 30.3 Å². The van der Waals surface area contributed by atoms with E-state index in [9.17, 15) is 4.79 Å². The first-order valence-corrected chi connectivity index (χ1v) is 7.98. The normalized spacial score (nSPS) is 10.1. The van der Waals surface area contributed by atoms with Crippen LogP contribution in [0.3, 0.4) is 0 Å². The number of hydrogen-bond donors (Lipinski definition) is 1. The molecule has 0 saturated heterocycles. The molecule has 3 aromatic rings. The van der Waals surface area contributed by atoms with Crippen LogP contribution in [-0.2, 0) is 6.61 Å². The maximum absolute atomic E-state index is 12.7. The molecule has 0 saturated carbocycles. The number of rotatable bonds is 6. The van der Waals surface area contributed by atoms with Crippen LogP contribution in [0.1, 0.15) is 15.9 Å². The topological polar surface area (TPSA) is 47.6 Å². The van der Waals surface area contributed by atoms with Crippen molar-refractivity contribution < 1.29 is 14.3 Å². The lowest BCUT2D eigenvalue weighted by molar-refractivity contribution is 0.102. The molecular weight excluding hydrogens is 314 g/mol. The molecule has 4 heteroatoms. The highest BCUT2D eigenvalue weighted by molar-refractivity contribution is 6.06. The molecule has 25 heavy (non-hydrogen) atoms. The first-order chi connectivity index (χ1) is 12.3. The summed E-state index contributed by atoms with van der Waals surface area (Å²) in [5.41, 5.74) is 2.02. The molecule has 0 aromatic heterocycles. The Labute approximate surface area is 147 Å². The summed E-state index contributed by atoms with van der Waals surface area (Å²) in [5, 5.41) is 2.90. The largest absolute Gasteiger partial charge is 0.495 e. The Morgan fingerprint density at radius 3 is 2.36 bits per heavy atom. The summed E-state index contributed by atoms with van der Waals surface area (Å²) < 4.78 is 11.1. The van der Waals surface area contributed by atoms with Crippen molar-refractivity contribution in [1.82, 2.24) is 0 Å². The molecule has 0 heterocycles. The van der Waals surface area contributed by atoms with Crippen LogP contribution < -0.4 is 14.8 Å². The molecule has 0 unspecified atom stereocenters. The van der Waals surface area contributed by atoms with Gasteiger partial charge in [-0.15, -0.1) is 0 Å². The number of methoxy groups -OCH3 is 1. The monoisotopic (exact) mass is 333 g/mol. The predicted octanol–water partition coefficient (Wildman–Crippen LogP) is 4.53. The Morgan fingerprint density at radius 2 is 1.56 bits per heavy atom. The van der Waals surface area contributed by atoms with Crippen molar-refractivity contribution in [3.63, 3.8) is 0 Å². The van der Waals surface area contributed by atoms with Crippen molar-refractivity contribution in [3.8, 4) is 11.5 Å². The minimum atomic E-state index is -0.197. The lowest BCUT2D eigenvalue weighted by atomic mass is 10.1. The zero-order chi connectivity index (χ0) is 17.5. The van der Waals surface area contributed by atoms with Crippen LogP contribution in [-0.4, -0.2) is 13.0 Å². The van der Waals surface area contributed by atoms with E-state index in [1.54, 1.807) is 25.3 Å². The first-order valence-electron chi connectivity index (χ1n) is 7.98. The molecule has 0 atom stereocenters. The number of amides is 1. The minimum Gasteiger partial charge on any atom is -0.495 e. The van der Waals surface area contributed by atoms with Crippen LogP contribution >= 0.6 is 0 Å².